The quantitative estimate of drug-likeness (QED) is 0.845. The zero-order valence-corrected chi connectivity index (χ0v) is 14.2. The van der Waals surface area contributed by atoms with Gasteiger partial charge in [0.15, 0.2) is 0 Å². The van der Waals surface area contributed by atoms with Crippen LogP contribution in [-0.4, -0.2) is 27.9 Å². The molecule has 0 aliphatic heterocycles. The number of nitrogens with zero attached hydrogens (tertiary/aromatic N) is 2. The third-order valence-corrected chi connectivity index (χ3v) is 5.31. The van der Waals surface area contributed by atoms with E-state index < -0.39 is 0 Å². The van der Waals surface area contributed by atoms with Gasteiger partial charge in [0.25, 0.3) is 5.91 Å². The second-order valence-electron chi connectivity index (χ2n) is 7.34. The van der Waals surface area contributed by atoms with Crippen molar-refractivity contribution >= 4 is 16.8 Å². The van der Waals surface area contributed by atoms with E-state index in [2.05, 4.69) is 35.9 Å². The molecule has 23 heavy (non-hydrogen) atoms. The van der Waals surface area contributed by atoms with Crippen LogP contribution in [0.4, 0.5) is 0 Å². The zero-order valence-electron chi connectivity index (χ0n) is 14.2. The highest BCUT2D eigenvalue weighted by Gasteiger charge is 2.42. The molecule has 0 radical (unpaired) electrons. The van der Waals surface area contributed by atoms with Crippen LogP contribution in [0.3, 0.4) is 0 Å². The molecule has 2 aliphatic carbocycles. The van der Waals surface area contributed by atoms with Crippen molar-refractivity contribution < 1.29 is 4.79 Å². The molecular weight excluding hydrogens is 284 g/mol. The van der Waals surface area contributed by atoms with E-state index in [1.54, 1.807) is 0 Å². The van der Waals surface area contributed by atoms with Gasteiger partial charge in [0.1, 0.15) is 0 Å². The fraction of sp³-hybridized carbons (Fsp3) is 0.500. The van der Waals surface area contributed by atoms with E-state index in [4.69, 9.17) is 0 Å². The van der Waals surface area contributed by atoms with Gasteiger partial charge in [-0.25, -0.2) is 0 Å². The molecule has 1 heterocycles. The van der Waals surface area contributed by atoms with Gasteiger partial charge >= 0.3 is 0 Å². The summed E-state index contributed by atoms with van der Waals surface area (Å²) in [7, 11) is 0. The Morgan fingerprint density at radius 3 is 2.57 bits per heavy atom. The molecule has 2 aromatic rings. The lowest BCUT2D eigenvalue weighted by molar-refractivity contribution is 0.0653. The fourth-order valence-corrected chi connectivity index (χ4v) is 3.59. The number of rotatable bonds is 4. The van der Waals surface area contributed by atoms with Crippen molar-refractivity contribution in [2.24, 2.45) is 5.92 Å². The van der Waals surface area contributed by atoms with Gasteiger partial charge in [0, 0.05) is 17.5 Å². The standard InChI is InChI=1S/C20H24N2O/c1-12-4-9-19-16(10-12)11-18(13(2)21-19)20(23)22(17-7-8-17)14(3)15-5-6-15/h4,9-11,14-15,17H,5-8H2,1-3H3. The van der Waals surface area contributed by atoms with Crippen molar-refractivity contribution in [2.75, 3.05) is 0 Å². The Hall–Kier alpha value is -1.90. The van der Waals surface area contributed by atoms with Gasteiger partial charge in [0.05, 0.1) is 16.8 Å². The van der Waals surface area contributed by atoms with E-state index in [9.17, 15) is 4.79 Å². The van der Waals surface area contributed by atoms with Crippen LogP contribution in [0.25, 0.3) is 10.9 Å². The maximum Gasteiger partial charge on any atom is 0.256 e. The number of aryl methyl sites for hydroxylation is 2. The Morgan fingerprint density at radius 2 is 1.91 bits per heavy atom. The van der Waals surface area contributed by atoms with Crippen LogP contribution in [0.15, 0.2) is 24.3 Å². The van der Waals surface area contributed by atoms with E-state index in [1.807, 2.05) is 19.1 Å². The summed E-state index contributed by atoms with van der Waals surface area (Å²) in [5.41, 5.74) is 3.80. The summed E-state index contributed by atoms with van der Waals surface area (Å²) in [5, 5.41) is 1.06. The molecule has 4 rings (SSSR count). The van der Waals surface area contributed by atoms with E-state index >= 15 is 0 Å². The second kappa shape index (κ2) is 5.33. The molecule has 0 N–H and O–H groups in total. The first kappa shape index (κ1) is 14.7. The largest absolute Gasteiger partial charge is 0.333 e. The van der Waals surface area contributed by atoms with Crippen molar-refractivity contribution in [2.45, 2.75) is 58.5 Å². The number of hydrogen-bond acceptors (Lipinski definition) is 2. The summed E-state index contributed by atoms with van der Waals surface area (Å²) in [4.78, 5) is 20.1. The molecular formula is C20H24N2O. The molecule has 120 valence electrons. The van der Waals surface area contributed by atoms with Gasteiger partial charge < -0.3 is 4.90 Å². The third-order valence-electron chi connectivity index (χ3n) is 5.31. The molecule has 0 spiro atoms. The number of pyridine rings is 1. The van der Waals surface area contributed by atoms with Crippen LogP contribution in [0, 0.1) is 19.8 Å². The topological polar surface area (TPSA) is 33.2 Å². The molecule has 1 amide bonds. The molecule has 1 aromatic carbocycles. The Balaban J connectivity index is 1.73. The molecule has 3 heteroatoms. The zero-order chi connectivity index (χ0) is 16.1. The molecule has 0 bridgehead atoms. The average Bonchev–Trinajstić information content (AvgIpc) is 3.38. The average molecular weight is 308 g/mol. The lowest BCUT2D eigenvalue weighted by Gasteiger charge is -2.30. The highest BCUT2D eigenvalue weighted by atomic mass is 16.2. The van der Waals surface area contributed by atoms with E-state index in [0.717, 1.165) is 35.0 Å². The number of hydrogen-bond donors (Lipinski definition) is 0. The summed E-state index contributed by atoms with van der Waals surface area (Å²) in [5.74, 6) is 0.885. The van der Waals surface area contributed by atoms with Gasteiger partial charge in [-0.15, -0.1) is 0 Å². The number of aromatic nitrogens is 1. The summed E-state index contributed by atoms with van der Waals surface area (Å²) < 4.78 is 0. The Morgan fingerprint density at radius 1 is 1.17 bits per heavy atom. The van der Waals surface area contributed by atoms with E-state index in [1.165, 1.54) is 18.4 Å². The first-order valence-electron chi connectivity index (χ1n) is 8.75. The Kier molecular flexibility index (Phi) is 3.40. The number of fused-ring (bicyclic) bond motifs is 1. The second-order valence-corrected chi connectivity index (χ2v) is 7.34. The predicted molar refractivity (Wildman–Crippen MR) is 92.6 cm³/mol. The minimum Gasteiger partial charge on any atom is -0.333 e. The van der Waals surface area contributed by atoms with Gasteiger partial charge in [-0.3, -0.25) is 9.78 Å². The first-order valence-corrected chi connectivity index (χ1v) is 8.75. The molecule has 0 saturated heterocycles. The number of carbonyl (C=O) groups excluding carboxylic acids is 1. The summed E-state index contributed by atoms with van der Waals surface area (Å²) in [6.07, 6.45) is 4.85. The van der Waals surface area contributed by atoms with Crippen molar-refractivity contribution in [1.29, 1.82) is 0 Å². The predicted octanol–water partition coefficient (Wildman–Crippen LogP) is 4.25. The Bertz CT molecular complexity index is 775. The van der Waals surface area contributed by atoms with Crippen LogP contribution in [0.2, 0.25) is 0 Å². The van der Waals surface area contributed by atoms with Crippen LogP contribution < -0.4 is 0 Å². The lowest BCUT2D eigenvalue weighted by atomic mass is 10.0. The SMILES string of the molecule is Cc1ccc2nc(C)c(C(=O)N(C3CC3)C(C)C3CC3)cc2c1. The number of benzene rings is 1. The van der Waals surface area contributed by atoms with Crippen molar-refractivity contribution in [3.05, 3.63) is 41.1 Å². The molecule has 2 aliphatic rings. The summed E-state index contributed by atoms with van der Waals surface area (Å²) in [6, 6.07) is 9.08. The molecule has 1 atom stereocenters. The lowest BCUT2D eigenvalue weighted by Crippen LogP contribution is -2.42. The Labute approximate surface area is 137 Å². The van der Waals surface area contributed by atoms with Crippen molar-refractivity contribution in [3.8, 4) is 0 Å². The van der Waals surface area contributed by atoms with E-state index in [0.29, 0.717) is 18.0 Å². The maximum absolute atomic E-state index is 13.2. The minimum atomic E-state index is 0.181. The summed E-state index contributed by atoms with van der Waals surface area (Å²) >= 11 is 0. The number of amides is 1. The first-order chi connectivity index (χ1) is 11.0. The van der Waals surface area contributed by atoms with Crippen molar-refractivity contribution in [1.82, 2.24) is 9.88 Å². The molecule has 1 aromatic heterocycles. The molecule has 1 unspecified atom stereocenters. The molecule has 2 saturated carbocycles. The smallest absolute Gasteiger partial charge is 0.256 e. The molecule has 3 nitrogen and oxygen atoms in total. The van der Waals surface area contributed by atoms with Crippen molar-refractivity contribution in [3.63, 3.8) is 0 Å². The van der Waals surface area contributed by atoms with Crippen LogP contribution in [0.5, 0.6) is 0 Å². The highest BCUT2D eigenvalue weighted by molar-refractivity contribution is 5.99. The third kappa shape index (κ3) is 2.73. The monoisotopic (exact) mass is 308 g/mol. The minimum absolute atomic E-state index is 0.181. The highest BCUT2D eigenvalue weighted by Crippen LogP contribution is 2.40. The van der Waals surface area contributed by atoms with Gasteiger partial charge in [0.2, 0.25) is 0 Å². The van der Waals surface area contributed by atoms with Gasteiger partial charge in [-0.2, -0.15) is 0 Å². The normalized spacial score (nSPS) is 18.9. The maximum atomic E-state index is 13.2. The summed E-state index contributed by atoms with van der Waals surface area (Å²) in [6.45, 7) is 6.26. The van der Waals surface area contributed by atoms with Gasteiger partial charge in [-0.05, 0) is 70.6 Å². The number of carbonyl (C=O) groups is 1. The molecule has 2 fully saturated rings. The van der Waals surface area contributed by atoms with Crippen LogP contribution in [0.1, 0.15) is 54.2 Å². The fourth-order valence-electron chi connectivity index (χ4n) is 3.59. The van der Waals surface area contributed by atoms with E-state index in [-0.39, 0.29) is 5.91 Å². The van der Waals surface area contributed by atoms with Crippen LogP contribution in [-0.2, 0) is 0 Å². The van der Waals surface area contributed by atoms with Gasteiger partial charge in [-0.1, -0.05) is 11.6 Å². The van der Waals surface area contributed by atoms with Crippen LogP contribution >= 0.6 is 0 Å².